The molecule has 1 N–H and O–H groups in total. The summed E-state index contributed by atoms with van der Waals surface area (Å²) in [7, 11) is 0. The van der Waals surface area contributed by atoms with E-state index in [2.05, 4.69) is 14.7 Å². The van der Waals surface area contributed by atoms with E-state index in [0.717, 1.165) is 17.7 Å². The van der Waals surface area contributed by atoms with Crippen molar-refractivity contribution in [3.63, 3.8) is 0 Å². The predicted molar refractivity (Wildman–Crippen MR) is 81.1 cm³/mol. The number of alkyl halides is 3. The van der Waals surface area contributed by atoms with Gasteiger partial charge in [0.05, 0.1) is 5.56 Å². The van der Waals surface area contributed by atoms with E-state index in [0.29, 0.717) is 23.3 Å². The summed E-state index contributed by atoms with van der Waals surface area (Å²) in [5, 5.41) is 3.62. The van der Waals surface area contributed by atoms with Crippen LogP contribution in [0.5, 0.6) is 5.75 Å². The van der Waals surface area contributed by atoms with Crippen molar-refractivity contribution in [2.75, 3.05) is 0 Å². The van der Waals surface area contributed by atoms with Gasteiger partial charge in [0.25, 0.3) is 0 Å². The Balaban J connectivity index is 1.63. The Morgan fingerprint density at radius 1 is 1.16 bits per heavy atom. The molecule has 1 aromatic heterocycles. The standard InChI is InChI=1S/C17H11F3N2O3/c18-17(19,20)12-4-5-13-11(7-12)8-14(24-13)9-2-1-3-10(6-9)15-21-16(23)25-22-15/h1-7,14H,8H2,(H,21,22,23)/t14-/m0/s1. The van der Waals surface area contributed by atoms with Gasteiger partial charge < -0.3 is 4.74 Å². The molecular weight excluding hydrogens is 337 g/mol. The van der Waals surface area contributed by atoms with Gasteiger partial charge in [0, 0.05) is 12.0 Å². The van der Waals surface area contributed by atoms with Crippen molar-refractivity contribution < 1.29 is 22.4 Å². The molecule has 128 valence electrons. The lowest BCUT2D eigenvalue weighted by Gasteiger charge is -2.11. The van der Waals surface area contributed by atoms with E-state index in [4.69, 9.17) is 4.74 Å². The van der Waals surface area contributed by atoms with Gasteiger partial charge in [-0.25, -0.2) is 4.79 Å². The first-order valence-corrected chi connectivity index (χ1v) is 7.43. The topological polar surface area (TPSA) is 68.1 Å². The van der Waals surface area contributed by atoms with E-state index in [1.807, 2.05) is 6.07 Å². The number of hydrogen-bond acceptors (Lipinski definition) is 4. The summed E-state index contributed by atoms with van der Waals surface area (Å²) >= 11 is 0. The maximum absolute atomic E-state index is 12.8. The number of H-pyrrole nitrogens is 1. The van der Waals surface area contributed by atoms with Crippen LogP contribution in [-0.2, 0) is 12.6 Å². The molecular formula is C17H11F3N2O3. The summed E-state index contributed by atoms with van der Waals surface area (Å²) in [4.78, 5) is 13.5. The molecule has 4 rings (SSSR count). The SMILES string of the molecule is O=c1[nH]c(-c2cccc([C@@H]3Cc4cc(C(F)(F)F)ccc4O3)c2)no1. The highest BCUT2D eigenvalue weighted by molar-refractivity contribution is 5.56. The van der Waals surface area contributed by atoms with E-state index in [1.54, 1.807) is 18.2 Å². The van der Waals surface area contributed by atoms with Crippen LogP contribution >= 0.6 is 0 Å². The Morgan fingerprint density at radius 3 is 2.72 bits per heavy atom. The third-order valence-corrected chi connectivity index (χ3v) is 4.03. The number of aromatic amines is 1. The number of aromatic nitrogens is 2. The van der Waals surface area contributed by atoms with Gasteiger partial charge in [-0.15, -0.1) is 0 Å². The Morgan fingerprint density at radius 2 is 2.00 bits per heavy atom. The van der Waals surface area contributed by atoms with E-state index in [-0.39, 0.29) is 5.82 Å². The van der Waals surface area contributed by atoms with Crippen LogP contribution in [0.25, 0.3) is 11.4 Å². The average molecular weight is 348 g/mol. The van der Waals surface area contributed by atoms with Crippen molar-refractivity contribution in [2.45, 2.75) is 18.7 Å². The van der Waals surface area contributed by atoms with Crippen molar-refractivity contribution in [3.8, 4) is 17.1 Å². The highest BCUT2D eigenvalue weighted by Gasteiger charge is 2.33. The van der Waals surface area contributed by atoms with Crippen LogP contribution in [0.4, 0.5) is 13.2 Å². The van der Waals surface area contributed by atoms with E-state index in [9.17, 15) is 18.0 Å². The molecule has 8 heteroatoms. The molecule has 2 heterocycles. The third kappa shape index (κ3) is 2.90. The molecule has 25 heavy (non-hydrogen) atoms. The number of fused-ring (bicyclic) bond motifs is 1. The first-order chi connectivity index (χ1) is 11.9. The maximum Gasteiger partial charge on any atom is 0.439 e. The van der Waals surface area contributed by atoms with E-state index in [1.165, 1.54) is 6.07 Å². The van der Waals surface area contributed by atoms with Gasteiger partial charge in [0.1, 0.15) is 11.9 Å². The summed E-state index contributed by atoms with van der Waals surface area (Å²) in [6, 6.07) is 10.5. The lowest BCUT2D eigenvalue weighted by Crippen LogP contribution is -2.04. The first kappa shape index (κ1) is 15.5. The minimum absolute atomic E-state index is 0.279. The highest BCUT2D eigenvalue weighted by atomic mass is 19.4. The predicted octanol–water partition coefficient (Wildman–Crippen LogP) is 3.72. The summed E-state index contributed by atoms with van der Waals surface area (Å²) < 4.78 is 48.8. The molecule has 5 nitrogen and oxygen atoms in total. The molecule has 0 fully saturated rings. The van der Waals surface area contributed by atoms with Crippen LogP contribution in [0.3, 0.4) is 0 Å². The summed E-state index contributed by atoms with van der Waals surface area (Å²) in [5.41, 5.74) is 1.22. The number of ether oxygens (including phenoxy) is 1. The monoisotopic (exact) mass is 348 g/mol. The number of nitrogens with zero attached hydrogens (tertiary/aromatic N) is 1. The number of halogens is 3. The van der Waals surface area contributed by atoms with E-state index >= 15 is 0 Å². The lowest BCUT2D eigenvalue weighted by molar-refractivity contribution is -0.137. The fraction of sp³-hybridized carbons (Fsp3) is 0.176. The normalized spacial score (nSPS) is 16.5. The largest absolute Gasteiger partial charge is 0.485 e. The molecule has 0 unspecified atom stereocenters. The second-order valence-corrected chi connectivity index (χ2v) is 5.70. The average Bonchev–Trinajstić information content (AvgIpc) is 3.19. The summed E-state index contributed by atoms with van der Waals surface area (Å²) in [6.07, 6.45) is -4.46. The van der Waals surface area contributed by atoms with Crippen molar-refractivity contribution in [2.24, 2.45) is 0 Å². The number of benzene rings is 2. The molecule has 1 atom stereocenters. The van der Waals surface area contributed by atoms with Crippen molar-refractivity contribution in [1.82, 2.24) is 10.1 Å². The molecule has 0 bridgehead atoms. The molecule has 0 amide bonds. The minimum atomic E-state index is -4.38. The second-order valence-electron chi connectivity index (χ2n) is 5.70. The van der Waals surface area contributed by atoms with Gasteiger partial charge in [-0.1, -0.05) is 23.4 Å². The van der Waals surface area contributed by atoms with Gasteiger partial charge >= 0.3 is 11.9 Å². The molecule has 0 spiro atoms. The molecule has 0 saturated heterocycles. The van der Waals surface area contributed by atoms with Crippen LogP contribution in [0.2, 0.25) is 0 Å². The first-order valence-electron chi connectivity index (χ1n) is 7.43. The van der Waals surface area contributed by atoms with Crippen LogP contribution in [0, 0.1) is 0 Å². The van der Waals surface area contributed by atoms with Gasteiger partial charge in [0.15, 0.2) is 5.82 Å². The quantitative estimate of drug-likeness (QED) is 0.766. The molecule has 2 aromatic carbocycles. The Bertz CT molecular complexity index is 991. The molecule has 0 aliphatic carbocycles. The zero-order valence-corrected chi connectivity index (χ0v) is 12.6. The van der Waals surface area contributed by atoms with Crippen molar-refractivity contribution >= 4 is 0 Å². The van der Waals surface area contributed by atoms with E-state index < -0.39 is 23.6 Å². The summed E-state index contributed by atoms with van der Waals surface area (Å²) in [6.45, 7) is 0. The number of nitrogens with one attached hydrogen (secondary N) is 1. The molecule has 0 radical (unpaired) electrons. The van der Waals surface area contributed by atoms with Crippen LogP contribution < -0.4 is 10.5 Å². The number of rotatable bonds is 2. The highest BCUT2D eigenvalue weighted by Crippen LogP contribution is 2.40. The van der Waals surface area contributed by atoms with Gasteiger partial charge in [0.2, 0.25) is 0 Å². The molecule has 1 aliphatic heterocycles. The summed E-state index contributed by atoms with van der Waals surface area (Å²) in [5.74, 6) is 0.0598. The smallest absolute Gasteiger partial charge is 0.439 e. The fourth-order valence-electron chi connectivity index (χ4n) is 2.85. The molecule has 3 aromatic rings. The van der Waals surface area contributed by atoms with Crippen LogP contribution in [0.1, 0.15) is 22.8 Å². The van der Waals surface area contributed by atoms with Crippen LogP contribution in [-0.4, -0.2) is 10.1 Å². The van der Waals surface area contributed by atoms with Crippen LogP contribution in [0.15, 0.2) is 51.8 Å². The Hall–Kier alpha value is -3.03. The molecule has 1 aliphatic rings. The maximum atomic E-state index is 12.8. The lowest BCUT2D eigenvalue weighted by atomic mass is 10.0. The zero-order valence-electron chi connectivity index (χ0n) is 12.6. The van der Waals surface area contributed by atoms with Crippen molar-refractivity contribution in [1.29, 1.82) is 0 Å². The zero-order chi connectivity index (χ0) is 17.6. The second kappa shape index (κ2) is 5.51. The van der Waals surface area contributed by atoms with Crippen molar-refractivity contribution in [3.05, 3.63) is 69.7 Å². The van der Waals surface area contributed by atoms with Gasteiger partial charge in [-0.05, 0) is 35.4 Å². The number of hydrogen-bond donors (Lipinski definition) is 1. The van der Waals surface area contributed by atoms with Gasteiger partial charge in [-0.2, -0.15) is 13.2 Å². The Kier molecular flexibility index (Phi) is 3.41. The molecule has 0 saturated carbocycles. The third-order valence-electron chi connectivity index (χ3n) is 4.03. The van der Waals surface area contributed by atoms with Gasteiger partial charge in [-0.3, -0.25) is 9.51 Å². The Labute approximate surface area is 139 Å². The fourth-order valence-corrected chi connectivity index (χ4v) is 2.85. The minimum Gasteiger partial charge on any atom is -0.485 e.